The minimum atomic E-state index is -5.97. The van der Waals surface area contributed by atoms with Crippen molar-refractivity contribution in [1.29, 1.82) is 0 Å². The van der Waals surface area contributed by atoms with Gasteiger partial charge >= 0.3 is 15.5 Å². The average Bonchev–Trinajstić information content (AvgIpc) is 2.48. The molecule has 2 atom stereocenters. The molecule has 1 aliphatic heterocycles. The van der Waals surface area contributed by atoms with Crippen LogP contribution in [0, 0.1) is 23.7 Å². The Bertz CT molecular complexity index is 498. The first-order valence-electron chi connectivity index (χ1n) is 6.03. The van der Waals surface area contributed by atoms with Gasteiger partial charge < -0.3 is 0 Å². The standard InChI is InChI=1S/C11H16F3NO4S/c1-5(2)7-8(6(3)4)10(17)15(9(7)16)20(18,19)11(12,13)14/h5-8H,1-4H3. The van der Waals surface area contributed by atoms with Crippen molar-refractivity contribution in [1.82, 2.24) is 4.31 Å². The molecule has 1 saturated heterocycles. The fourth-order valence-corrected chi connectivity index (χ4v) is 3.35. The van der Waals surface area contributed by atoms with E-state index in [2.05, 4.69) is 0 Å². The minimum Gasteiger partial charge on any atom is -0.273 e. The van der Waals surface area contributed by atoms with Crippen molar-refractivity contribution < 1.29 is 31.2 Å². The maximum Gasteiger partial charge on any atom is 0.517 e. The van der Waals surface area contributed by atoms with E-state index < -0.39 is 55.3 Å². The third-order valence-corrected chi connectivity index (χ3v) is 4.75. The minimum absolute atomic E-state index is 0.438. The third kappa shape index (κ3) is 2.43. The summed E-state index contributed by atoms with van der Waals surface area (Å²) in [5, 5.41) is 0. The van der Waals surface area contributed by atoms with Crippen molar-refractivity contribution in [2.75, 3.05) is 0 Å². The highest BCUT2D eigenvalue weighted by Crippen LogP contribution is 2.41. The van der Waals surface area contributed by atoms with Crippen LogP contribution in [-0.2, 0) is 19.6 Å². The summed E-state index contributed by atoms with van der Waals surface area (Å²) < 4.78 is 59.8. The summed E-state index contributed by atoms with van der Waals surface area (Å²) in [4.78, 5) is 24.0. The summed E-state index contributed by atoms with van der Waals surface area (Å²) in [6.45, 7) is 6.26. The van der Waals surface area contributed by atoms with Crippen LogP contribution in [0.3, 0.4) is 0 Å². The number of hydrogen-bond donors (Lipinski definition) is 0. The van der Waals surface area contributed by atoms with E-state index in [4.69, 9.17) is 0 Å². The van der Waals surface area contributed by atoms with Crippen LogP contribution in [0.4, 0.5) is 13.2 Å². The summed E-state index contributed by atoms with van der Waals surface area (Å²) in [5.74, 6) is -5.57. The second-order valence-corrected chi connectivity index (χ2v) is 7.21. The maximum absolute atomic E-state index is 12.6. The molecule has 116 valence electrons. The van der Waals surface area contributed by atoms with Crippen molar-refractivity contribution in [3.63, 3.8) is 0 Å². The van der Waals surface area contributed by atoms with Gasteiger partial charge in [0.2, 0.25) is 11.8 Å². The van der Waals surface area contributed by atoms with Crippen molar-refractivity contribution in [2.45, 2.75) is 33.2 Å². The van der Waals surface area contributed by atoms with Crippen molar-refractivity contribution in [2.24, 2.45) is 23.7 Å². The first-order valence-corrected chi connectivity index (χ1v) is 7.47. The molecule has 0 saturated carbocycles. The zero-order valence-corrected chi connectivity index (χ0v) is 12.2. The fraction of sp³-hybridized carbons (Fsp3) is 0.818. The highest BCUT2D eigenvalue weighted by molar-refractivity contribution is 7.91. The Balaban J connectivity index is 3.40. The van der Waals surface area contributed by atoms with Crippen LogP contribution >= 0.6 is 0 Å². The number of carbonyl (C=O) groups is 2. The zero-order valence-electron chi connectivity index (χ0n) is 11.4. The SMILES string of the molecule is CC(C)C1C(=O)N(S(=O)(=O)C(F)(F)F)C(=O)C1C(C)C. The number of imide groups is 1. The van der Waals surface area contributed by atoms with E-state index in [0.717, 1.165) is 0 Å². The van der Waals surface area contributed by atoms with E-state index in [0.29, 0.717) is 0 Å². The van der Waals surface area contributed by atoms with Gasteiger partial charge in [-0.3, -0.25) is 9.59 Å². The molecule has 0 radical (unpaired) electrons. The lowest BCUT2D eigenvalue weighted by Gasteiger charge is -2.21. The number of nitrogens with zero attached hydrogens (tertiary/aromatic N) is 1. The van der Waals surface area contributed by atoms with E-state index in [1.807, 2.05) is 0 Å². The highest BCUT2D eigenvalue weighted by Gasteiger charge is 2.61. The molecule has 0 aliphatic carbocycles. The van der Waals surface area contributed by atoms with Crippen LogP contribution in [0.1, 0.15) is 27.7 Å². The number of carbonyl (C=O) groups excluding carboxylic acids is 2. The lowest BCUT2D eigenvalue weighted by atomic mass is 9.79. The number of alkyl halides is 3. The largest absolute Gasteiger partial charge is 0.517 e. The Hall–Kier alpha value is -1.12. The number of halogens is 3. The molecular formula is C11H16F3NO4S. The van der Waals surface area contributed by atoms with Gasteiger partial charge in [0.15, 0.2) is 0 Å². The molecule has 0 spiro atoms. The molecule has 9 heteroatoms. The Morgan fingerprint density at radius 1 is 0.950 bits per heavy atom. The molecule has 1 aliphatic rings. The van der Waals surface area contributed by atoms with E-state index in [1.165, 1.54) is 0 Å². The van der Waals surface area contributed by atoms with Gasteiger partial charge in [0.1, 0.15) is 0 Å². The summed E-state index contributed by atoms with van der Waals surface area (Å²) in [6.07, 6.45) is 0. The monoisotopic (exact) mass is 315 g/mol. The molecule has 0 aromatic carbocycles. The predicted molar refractivity (Wildman–Crippen MR) is 63.5 cm³/mol. The van der Waals surface area contributed by atoms with Crippen molar-refractivity contribution in [3.8, 4) is 0 Å². The highest BCUT2D eigenvalue weighted by atomic mass is 32.2. The van der Waals surface area contributed by atoms with E-state index >= 15 is 0 Å². The average molecular weight is 315 g/mol. The Kier molecular flexibility index (Phi) is 4.24. The molecule has 1 rings (SSSR count). The first kappa shape index (κ1) is 16.9. The lowest BCUT2D eigenvalue weighted by molar-refractivity contribution is -0.136. The van der Waals surface area contributed by atoms with Gasteiger partial charge in [-0.2, -0.15) is 25.9 Å². The maximum atomic E-state index is 12.6. The molecule has 0 bridgehead atoms. The second-order valence-electron chi connectivity index (χ2n) is 5.43. The van der Waals surface area contributed by atoms with Crippen LogP contribution in [0.15, 0.2) is 0 Å². The van der Waals surface area contributed by atoms with E-state index in [1.54, 1.807) is 27.7 Å². The van der Waals surface area contributed by atoms with Gasteiger partial charge in [-0.05, 0) is 11.8 Å². The fourth-order valence-electron chi connectivity index (χ4n) is 2.43. The summed E-state index contributed by atoms with van der Waals surface area (Å²) >= 11 is 0. The van der Waals surface area contributed by atoms with Crippen LogP contribution in [-0.4, -0.2) is 30.0 Å². The molecule has 2 amide bonds. The van der Waals surface area contributed by atoms with Gasteiger partial charge in [-0.1, -0.05) is 27.7 Å². The molecule has 0 aromatic rings. The number of hydrogen-bond acceptors (Lipinski definition) is 4. The molecule has 2 unspecified atom stereocenters. The molecule has 0 N–H and O–H groups in total. The summed E-state index contributed by atoms with van der Waals surface area (Å²) in [7, 11) is -5.97. The Morgan fingerprint density at radius 3 is 1.45 bits per heavy atom. The summed E-state index contributed by atoms with van der Waals surface area (Å²) in [5.41, 5.74) is -5.67. The van der Waals surface area contributed by atoms with Gasteiger partial charge in [0, 0.05) is 0 Å². The molecule has 1 fully saturated rings. The molecule has 20 heavy (non-hydrogen) atoms. The molecular weight excluding hydrogens is 299 g/mol. The normalized spacial score (nSPS) is 25.1. The van der Waals surface area contributed by atoms with Gasteiger partial charge in [-0.25, -0.2) is 0 Å². The van der Waals surface area contributed by atoms with Crippen LogP contribution in [0.5, 0.6) is 0 Å². The molecule has 1 heterocycles. The topological polar surface area (TPSA) is 71.5 Å². The van der Waals surface area contributed by atoms with Crippen LogP contribution in [0.25, 0.3) is 0 Å². The zero-order chi connectivity index (χ0) is 16.0. The Labute approximate surface area is 115 Å². The number of amides is 2. The smallest absolute Gasteiger partial charge is 0.273 e. The first-order chi connectivity index (χ1) is 8.84. The van der Waals surface area contributed by atoms with Crippen molar-refractivity contribution >= 4 is 21.8 Å². The van der Waals surface area contributed by atoms with Crippen molar-refractivity contribution in [3.05, 3.63) is 0 Å². The van der Waals surface area contributed by atoms with Gasteiger partial charge in [-0.15, -0.1) is 0 Å². The van der Waals surface area contributed by atoms with E-state index in [9.17, 15) is 31.2 Å². The van der Waals surface area contributed by atoms with Crippen LogP contribution < -0.4 is 0 Å². The number of rotatable bonds is 3. The van der Waals surface area contributed by atoms with Crippen LogP contribution in [0.2, 0.25) is 0 Å². The lowest BCUT2D eigenvalue weighted by Crippen LogP contribution is -2.45. The second kappa shape index (κ2) is 5.01. The third-order valence-electron chi connectivity index (χ3n) is 3.33. The molecule has 5 nitrogen and oxygen atoms in total. The van der Waals surface area contributed by atoms with Gasteiger partial charge in [0.05, 0.1) is 11.8 Å². The predicted octanol–water partition coefficient (Wildman–Crippen LogP) is 1.75. The molecule has 0 aromatic heterocycles. The quantitative estimate of drug-likeness (QED) is 0.744. The van der Waals surface area contributed by atoms with E-state index in [-0.39, 0.29) is 0 Å². The summed E-state index contributed by atoms with van der Waals surface area (Å²) in [6, 6.07) is 0. The Morgan fingerprint density at radius 2 is 1.25 bits per heavy atom. The van der Waals surface area contributed by atoms with Gasteiger partial charge in [0.25, 0.3) is 0 Å². The number of sulfonamides is 1.